The maximum absolute atomic E-state index is 11.1. The highest BCUT2D eigenvalue weighted by molar-refractivity contribution is 5.94. The Balaban J connectivity index is 4.22. The number of carbonyl (C=O) groups excluding carboxylic acids is 2. The minimum atomic E-state index is -1.25. The number of Topliss-reactive ketones (excluding diaryl/α,β-unsaturated/α-hetero) is 1. The summed E-state index contributed by atoms with van der Waals surface area (Å²) in [4.78, 5) is 32.3. The van der Waals surface area contributed by atoms with Gasteiger partial charge in [0.25, 0.3) is 0 Å². The lowest BCUT2D eigenvalue weighted by molar-refractivity contribution is -0.158. The highest BCUT2D eigenvalue weighted by Crippen LogP contribution is 2.09. The molecule has 0 fully saturated rings. The van der Waals surface area contributed by atoms with Crippen LogP contribution in [0.5, 0.6) is 0 Å². The summed E-state index contributed by atoms with van der Waals surface area (Å²) in [6.45, 7) is 3.09. The van der Waals surface area contributed by atoms with Gasteiger partial charge in [-0.15, -0.1) is 0 Å². The van der Waals surface area contributed by atoms with E-state index in [2.05, 4.69) is 4.74 Å². The van der Waals surface area contributed by atoms with Crippen LogP contribution < -0.4 is 0 Å². The minimum Gasteiger partial charge on any atom is -0.481 e. The molecule has 0 bridgehead atoms. The van der Waals surface area contributed by atoms with Crippen molar-refractivity contribution in [3.63, 3.8) is 0 Å². The smallest absolute Gasteiger partial charge is 0.320 e. The van der Waals surface area contributed by atoms with Crippen LogP contribution in [0, 0.1) is 5.92 Å². The number of hydrogen-bond donors (Lipinski definition) is 1. The molecule has 0 saturated heterocycles. The van der Waals surface area contributed by atoms with Gasteiger partial charge < -0.3 is 14.6 Å². The first-order chi connectivity index (χ1) is 6.49. The number of esters is 1. The van der Waals surface area contributed by atoms with Gasteiger partial charge in [-0.1, -0.05) is 0 Å². The molecule has 0 spiro atoms. The predicted molar refractivity (Wildman–Crippen MR) is 47.7 cm³/mol. The van der Waals surface area contributed by atoms with Crippen molar-refractivity contribution >= 4 is 17.7 Å². The second-order valence-electron chi connectivity index (χ2n) is 2.88. The van der Waals surface area contributed by atoms with Gasteiger partial charge in [-0.25, -0.2) is 0 Å². The molecule has 0 aromatic heterocycles. The lowest BCUT2D eigenvalue weighted by atomic mass is 10.0. The van der Waals surface area contributed by atoms with Crippen molar-refractivity contribution in [2.24, 2.45) is 5.92 Å². The van der Waals surface area contributed by atoms with Crippen molar-refractivity contribution in [3.8, 4) is 0 Å². The lowest BCUT2D eigenvalue weighted by Crippen LogP contribution is -2.26. The molecule has 0 aliphatic heterocycles. The fraction of sp³-hybridized carbons (Fsp3) is 0.667. The molecule has 0 rings (SSSR count). The fourth-order valence-corrected chi connectivity index (χ4v) is 0.933. The highest BCUT2D eigenvalue weighted by Gasteiger charge is 2.27. The second kappa shape index (κ2) is 6.12. The molecule has 0 heterocycles. The first-order valence-electron chi connectivity index (χ1n) is 4.38. The van der Waals surface area contributed by atoms with E-state index in [0.717, 1.165) is 0 Å². The Morgan fingerprint density at radius 3 is 2.29 bits per heavy atom. The van der Waals surface area contributed by atoms with Gasteiger partial charge in [-0.3, -0.25) is 9.59 Å². The molecule has 1 N–H and O–H groups in total. The number of carboxylic acids is 1. The summed E-state index contributed by atoms with van der Waals surface area (Å²) in [7, 11) is 0. The standard InChI is InChI=1S/C9H14O5/c1-3-14-9(13)7(8(11)12)5-4-6(2)10/h7H,3-5H2,1-2H3,(H,11,12). The monoisotopic (exact) mass is 202 g/mol. The average Bonchev–Trinajstić information content (AvgIpc) is 2.03. The zero-order chi connectivity index (χ0) is 11.1. The van der Waals surface area contributed by atoms with Crippen LogP contribution in [0.3, 0.4) is 0 Å². The number of hydrogen-bond acceptors (Lipinski definition) is 4. The van der Waals surface area contributed by atoms with Crippen LogP contribution in [0.2, 0.25) is 0 Å². The third-order valence-corrected chi connectivity index (χ3v) is 1.65. The highest BCUT2D eigenvalue weighted by atomic mass is 16.5. The number of aliphatic carboxylic acids is 1. The third kappa shape index (κ3) is 4.59. The molecule has 1 unspecified atom stereocenters. The van der Waals surface area contributed by atoms with Crippen LogP contribution in [0.15, 0.2) is 0 Å². The molecule has 0 aliphatic rings. The number of ketones is 1. The average molecular weight is 202 g/mol. The van der Waals surface area contributed by atoms with Gasteiger partial charge in [0.2, 0.25) is 0 Å². The van der Waals surface area contributed by atoms with Gasteiger partial charge in [0, 0.05) is 6.42 Å². The Morgan fingerprint density at radius 2 is 1.93 bits per heavy atom. The van der Waals surface area contributed by atoms with Crippen LogP contribution >= 0.6 is 0 Å². The molecule has 14 heavy (non-hydrogen) atoms. The summed E-state index contributed by atoms with van der Waals surface area (Å²) in [6.07, 6.45) is 0.0826. The van der Waals surface area contributed by atoms with Crippen LogP contribution in [0.25, 0.3) is 0 Å². The van der Waals surface area contributed by atoms with Gasteiger partial charge in [-0.05, 0) is 20.3 Å². The molecular formula is C9H14O5. The van der Waals surface area contributed by atoms with E-state index in [9.17, 15) is 14.4 Å². The normalized spacial score (nSPS) is 11.9. The summed E-state index contributed by atoms with van der Waals surface area (Å²) in [5, 5.41) is 8.67. The largest absolute Gasteiger partial charge is 0.481 e. The van der Waals surface area contributed by atoms with Crippen LogP contribution in [0.4, 0.5) is 0 Å². The van der Waals surface area contributed by atoms with Gasteiger partial charge in [0.05, 0.1) is 6.61 Å². The molecule has 0 aliphatic carbocycles. The summed E-state index contributed by atoms with van der Waals surface area (Å²) in [6, 6.07) is 0. The second-order valence-corrected chi connectivity index (χ2v) is 2.88. The van der Waals surface area contributed by atoms with Gasteiger partial charge >= 0.3 is 11.9 Å². The first kappa shape index (κ1) is 12.6. The van der Waals surface area contributed by atoms with E-state index < -0.39 is 17.9 Å². The molecule has 0 aromatic rings. The van der Waals surface area contributed by atoms with E-state index in [1.165, 1.54) is 6.92 Å². The SMILES string of the molecule is CCOC(=O)C(CCC(C)=O)C(=O)O. The number of rotatable bonds is 6. The van der Waals surface area contributed by atoms with Gasteiger partial charge in [0.15, 0.2) is 5.92 Å². The Bertz CT molecular complexity index is 233. The Hall–Kier alpha value is -1.39. The summed E-state index contributed by atoms with van der Waals surface area (Å²) < 4.78 is 4.57. The number of ether oxygens (including phenoxy) is 1. The van der Waals surface area contributed by atoms with Crippen LogP contribution in [-0.2, 0) is 19.1 Å². The Labute approximate surface area is 82.1 Å². The van der Waals surface area contributed by atoms with E-state index in [1.54, 1.807) is 6.92 Å². The maximum atomic E-state index is 11.1. The van der Waals surface area contributed by atoms with Gasteiger partial charge in [0.1, 0.15) is 5.78 Å². The Kier molecular flexibility index (Phi) is 5.52. The van der Waals surface area contributed by atoms with E-state index in [0.29, 0.717) is 0 Å². The predicted octanol–water partition coefficient (Wildman–Crippen LogP) is 0.620. The molecule has 1 atom stereocenters. The minimum absolute atomic E-state index is 0.00347. The summed E-state index contributed by atoms with van der Waals surface area (Å²) in [5.74, 6) is -3.38. The van der Waals surface area contributed by atoms with Crippen molar-refractivity contribution in [1.29, 1.82) is 0 Å². The van der Waals surface area contributed by atoms with Crippen molar-refractivity contribution in [2.75, 3.05) is 6.61 Å². The Morgan fingerprint density at radius 1 is 1.36 bits per heavy atom. The molecule has 80 valence electrons. The molecule has 5 heteroatoms. The number of carbonyl (C=O) groups is 3. The van der Waals surface area contributed by atoms with E-state index in [4.69, 9.17) is 5.11 Å². The molecular weight excluding hydrogens is 188 g/mol. The summed E-state index contributed by atoms with van der Waals surface area (Å²) in [5.41, 5.74) is 0. The molecule has 5 nitrogen and oxygen atoms in total. The first-order valence-corrected chi connectivity index (χ1v) is 4.38. The van der Waals surface area contributed by atoms with Crippen molar-refractivity contribution in [2.45, 2.75) is 26.7 Å². The van der Waals surface area contributed by atoms with Crippen molar-refractivity contribution in [1.82, 2.24) is 0 Å². The van der Waals surface area contributed by atoms with E-state index >= 15 is 0 Å². The summed E-state index contributed by atoms with van der Waals surface area (Å²) >= 11 is 0. The van der Waals surface area contributed by atoms with Crippen molar-refractivity contribution in [3.05, 3.63) is 0 Å². The van der Waals surface area contributed by atoms with E-state index in [1.807, 2.05) is 0 Å². The van der Waals surface area contributed by atoms with E-state index in [-0.39, 0.29) is 25.2 Å². The maximum Gasteiger partial charge on any atom is 0.320 e. The molecule has 0 amide bonds. The van der Waals surface area contributed by atoms with Crippen molar-refractivity contribution < 1.29 is 24.2 Å². The molecule has 0 radical (unpaired) electrons. The molecule has 0 aromatic carbocycles. The zero-order valence-electron chi connectivity index (χ0n) is 8.28. The fourth-order valence-electron chi connectivity index (χ4n) is 0.933. The van der Waals surface area contributed by atoms with Gasteiger partial charge in [-0.2, -0.15) is 0 Å². The van der Waals surface area contributed by atoms with Crippen LogP contribution in [-0.4, -0.2) is 29.4 Å². The van der Waals surface area contributed by atoms with Crippen LogP contribution in [0.1, 0.15) is 26.7 Å². The lowest BCUT2D eigenvalue weighted by Gasteiger charge is -2.09. The zero-order valence-corrected chi connectivity index (χ0v) is 8.28. The topological polar surface area (TPSA) is 80.7 Å². The number of carboxylic acid groups (broad SMARTS) is 1. The third-order valence-electron chi connectivity index (χ3n) is 1.65. The quantitative estimate of drug-likeness (QED) is 0.504. The molecule has 0 saturated carbocycles.